The summed E-state index contributed by atoms with van der Waals surface area (Å²) in [5, 5.41) is 4.67. The molecule has 0 aliphatic carbocycles. The smallest absolute Gasteiger partial charge is 0.308 e. The number of esters is 1. The molecule has 0 spiro atoms. The Labute approximate surface area is 149 Å². The van der Waals surface area contributed by atoms with Gasteiger partial charge in [0, 0.05) is 13.1 Å². The topological polar surface area (TPSA) is 89.9 Å². The van der Waals surface area contributed by atoms with Gasteiger partial charge in [0.2, 0.25) is 5.91 Å². The van der Waals surface area contributed by atoms with Gasteiger partial charge >= 0.3 is 5.97 Å². The summed E-state index contributed by atoms with van der Waals surface area (Å²) in [6.07, 6.45) is 3.15. The van der Waals surface area contributed by atoms with Gasteiger partial charge in [0.25, 0.3) is 0 Å². The Kier molecular flexibility index (Phi) is 6.97. The molecule has 25 heavy (non-hydrogen) atoms. The van der Waals surface area contributed by atoms with Gasteiger partial charge in [-0.25, -0.2) is 10.4 Å². The maximum atomic E-state index is 11.7. The van der Waals surface area contributed by atoms with E-state index in [0.29, 0.717) is 17.1 Å². The van der Waals surface area contributed by atoms with Crippen LogP contribution in [0.25, 0.3) is 0 Å². The van der Waals surface area contributed by atoms with Gasteiger partial charge in [-0.3, -0.25) is 9.59 Å². The van der Waals surface area contributed by atoms with Gasteiger partial charge < -0.3 is 9.47 Å². The summed E-state index contributed by atoms with van der Waals surface area (Å²) in [6, 6.07) is 10.4. The second-order valence-corrected chi connectivity index (χ2v) is 5.75. The van der Waals surface area contributed by atoms with E-state index in [1.54, 1.807) is 24.4 Å². The molecule has 0 unspecified atom stereocenters. The van der Waals surface area contributed by atoms with Gasteiger partial charge in [-0.1, -0.05) is 17.8 Å². The number of hydrazone groups is 1. The van der Waals surface area contributed by atoms with E-state index < -0.39 is 5.97 Å². The molecule has 8 heteroatoms. The monoisotopic (exact) mass is 359 g/mol. The molecule has 0 fully saturated rings. The van der Waals surface area contributed by atoms with Crippen molar-refractivity contribution in [2.45, 2.75) is 11.9 Å². The summed E-state index contributed by atoms with van der Waals surface area (Å²) in [5.41, 5.74) is 3.13. The van der Waals surface area contributed by atoms with Crippen LogP contribution in [-0.4, -0.2) is 35.9 Å². The Morgan fingerprint density at radius 1 is 1.28 bits per heavy atom. The Hall–Kier alpha value is -2.87. The molecule has 0 saturated carbocycles. The molecule has 0 saturated heterocycles. The van der Waals surface area contributed by atoms with Crippen molar-refractivity contribution in [3.63, 3.8) is 0 Å². The number of ether oxygens (including phenoxy) is 2. The number of pyridine rings is 1. The first-order valence-corrected chi connectivity index (χ1v) is 8.29. The van der Waals surface area contributed by atoms with Gasteiger partial charge in [-0.15, -0.1) is 0 Å². The van der Waals surface area contributed by atoms with Crippen LogP contribution in [0.3, 0.4) is 0 Å². The van der Waals surface area contributed by atoms with E-state index in [2.05, 4.69) is 15.5 Å². The molecule has 0 radical (unpaired) electrons. The summed E-state index contributed by atoms with van der Waals surface area (Å²) in [7, 11) is 1.47. The Morgan fingerprint density at radius 3 is 2.80 bits per heavy atom. The zero-order valence-corrected chi connectivity index (χ0v) is 14.6. The van der Waals surface area contributed by atoms with Crippen molar-refractivity contribution < 1.29 is 19.1 Å². The van der Waals surface area contributed by atoms with Crippen LogP contribution in [0.2, 0.25) is 0 Å². The van der Waals surface area contributed by atoms with Crippen molar-refractivity contribution in [3.8, 4) is 11.5 Å². The van der Waals surface area contributed by atoms with Crippen molar-refractivity contribution in [2.24, 2.45) is 5.10 Å². The van der Waals surface area contributed by atoms with E-state index in [1.807, 2.05) is 18.2 Å². The van der Waals surface area contributed by atoms with Gasteiger partial charge in [0.05, 0.1) is 24.1 Å². The van der Waals surface area contributed by atoms with Crippen LogP contribution in [0.15, 0.2) is 52.7 Å². The molecule has 1 aromatic carbocycles. The number of methoxy groups -OCH3 is 1. The Balaban J connectivity index is 1.88. The number of rotatable bonds is 7. The predicted octanol–water partition coefficient (Wildman–Crippen LogP) is 2.26. The van der Waals surface area contributed by atoms with E-state index in [4.69, 9.17) is 9.47 Å². The second-order valence-electron chi connectivity index (χ2n) is 4.75. The summed E-state index contributed by atoms with van der Waals surface area (Å²) >= 11 is 1.32. The zero-order chi connectivity index (χ0) is 18.1. The van der Waals surface area contributed by atoms with Crippen LogP contribution in [0.1, 0.15) is 12.5 Å². The van der Waals surface area contributed by atoms with Crippen LogP contribution < -0.4 is 14.9 Å². The lowest BCUT2D eigenvalue weighted by molar-refractivity contribution is -0.132. The van der Waals surface area contributed by atoms with E-state index >= 15 is 0 Å². The molecule has 0 aliphatic rings. The largest absolute Gasteiger partial charge is 0.493 e. The molecule has 0 bridgehead atoms. The van der Waals surface area contributed by atoms with Crippen LogP contribution in [-0.2, 0) is 9.59 Å². The van der Waals surface area contributed by atoms with Crippen LogP contribution in [0.5, 0.6) is 11.5 Å². The van der Waals surface area contributed by atoms with Crippen molar-refractivity contribution in [2.75, 3.05) is 12.9 Å². The van der Waals surface area contributed by atoms with E-state index in [1.165, 1.54) is 32.0 Å². The lowest BCUT2D eigenvalue weighted by atomic mass is 10.2. The molecule has 2 aromatic rings. The van der Waals surface area contributed by atoms with Crippen molar-refractivity contribution >= 4 is 29.9 Å². The number of carbonyl (C=O) groups excluding carboxylic acids is 2. The van der Waals surface area contributed by atoms with Crippen molar-refractivity contribution in [3.05, 3.63) is 48.2 Å². The normalized spacial score (nSPS) is 10.5. The molecule has 1 heterocycles. The van der Waals surface area contributed by atoms with Crippen LogP contribution in [0.4, 0.5) is 0 Å². The number of benzene rings is 1. The SMILES string of the molecule is COc1cc(/C=N\NC(=O)CSc2ccccn2)ccc1OC(C)=O. The lowest BCUT2D eigenvalue weighted by Crippen LogP contribution is -2.19. The molecule has 1 amide bonds. The van der Waals surface area contributed by atoms with E-state index in [-0.39, 0.29) is 11.7 Å². The maximum absolute atomic E-state index is 11.7. The standard InChI is InChI=1S/C17H17N3O4S/c1-12(21)24-14-7-6-13(9-15(14)23-2)10-19-20-16(22)11-25-17-5-3-4-8-18-17/h3-10H,11H2,1-2H3,(H,20,22)/b19-10-. The maximum Gasteiger partial charge on any atom is 0.308 e. The number of thioether (sulfide) groups is 1. The molecule has 130 valence electrons. The Bertz CT molecular complexity index is 766. The van der Waals surface area contributed by atoms with Crippen LogP contribution in [0, 0.1) is 0 Å². The highest BCUT2D eigenvalue weighted by Crippen LogP contribution is 2.27. The second kappa shape index (κ2) is 9.43. The molecule has 1 N–H and O–H groups in total. The molecule has 0 aliphatic heterocycles. The minimum absolute atomic E-state index is 0.211. The molecular formula is C17H17N3O4S. The van der Waals surface area contributed by atoms with Crippen molar-refractivity contribution in [1.29, 1.82) is 0 Å². The highest BCUT2D eigenvalue weighted by atomic mass is 32.2. The van der Waals surface area contributed by atoms with Gasteiger partial charge in [-0.05, 0) is 35.9 Å². The minimum Gasteiger partial charge on any atom is -0.493 e. The molecule has 0 atom stereocenters. The summed E-state index contributed by atoms with van der Waals surface area (Å²) in [5.74, 6) is 0.259. The molecular weight excluding hydrogens is 342 g/mol. The number of carbonyl (C=O) groups is 2. The first kappa shape index (κ1) is 18.5. The molecule has 1 aromatic heterocycles. The number of nitrogens with one attached hydrogen (secondary N) is 1. The van der Waals surface area contributed by atoms with Gasteiger partial charge in [0.1, 0.15) is 0 Å². The minimum atomic E-state index is -0.433. The third-order valence-electron chi connectivity index (χ3n) is 2.83. The number of hydrogen-bond acceptors (Lipinski definition) is 7. The fraction of sp³-hybridized carbons (Fsp3) is 0.176. The Morgan fingerprint density at radius 2 is 2.12 bits per heavy atom. The molecule has 2 rings (SSSR count). The summed E-state index contributed by atoms with van der Waals surface area (Å²) in [4.78, 5) is 26.9. The summed E-state index contributed by atoms with van der Waals surface area (Å²) in [6.45, 7) is 1.31. The van der Waals surface area contributed by atoms with E-state index in [0.717, 1.165) is 5.03 Å². The average Bonchev–Trinajstić information content (AvgIpc) is 2.61. The number of nitrogens with zero attached hydrogens (tertiary/aromatic N) is 2. The highest BCUT2D eigenvalue weighted by molar-refractivity contribution is 7.99. The summed E-state index contributed by atoms with van der Waals surface area (Å²) < 4.78 is 10.2. The average molecular weight is 359 g/mol. The predicted molar refractivity (Wildman–Crippen MR) is 95.0 cm³/mol. The van der Waals surface area contributed by atoms with Gasteiger partial charge in [-0.2, -0.15) is 5.10 Å². The third-order valence-corrected chi connectivity index (χ3v) is 3.78. The number of aromatic nitrogens is 1. The number of hydrogen-bond donors (Lipinski definition) is 1. The fourth-order valence-electron chi connectivity index (χ4n) is 1.79. The number of amides is 1. The van der Waals surface area contributed by atoms with E-state index in [9.17, 15) is 9.59 Å². The van der Waals surface area contributed by atoms with Crippen molar-refractivity contribution in [1.82, 2.24) is 10.4 Å². The first-order valence-electron chi connectivity index (χ1n) is 7.30. The highest BCUT2D eigenvalue weighted by Gasteiger charge is 2.07. The zero-order valence-electron chi connectivity index (χ0n) is 13.8. The molecule has 7 nitrogen and oxygen atoms in total. The fourth-order valence-corrected chi connectivity index (χ4v) is 2.44. The quantitative estimate of drug-likeness (QED) is 0.268. The van der Waals surface area contributed by atoms with Crippen LogP contribution >= 0.6 is 11.8 Å². The first-order chi connectivity index (χ1) is 12.1. The lowest BCUT2D eigenvalue weighted by Gasteiger charge is -2.08. The van der Waals surface area contributed by atoms with Gasteiger partial charge in [0.15, 0.2) is 11.5 Å². The third kappa shape index (κ3) is 6.27.